The molecule has 2 aromatic rings. The van der Waals surface area contributed by atoms with Crippen molar-refractivity contribution in [2.24, 2.45) is 5.73 Å². The van der Waals surface area contributed by atoms with E-state index >= 15 is 0 Å². The summed E-state index contributed by atoms with van der Waals surface area (Å²) in [5.74, 6) is 1.01. The Kier molecular flexibility index (Phi) is 4.74. The minimum atomic E-state index is 0.0784. The molecule has 0 radical (unpaired) electrons. The zero-order valence-electron chi connectivity index (χ0n) is 12.5. The van der Waals surface area contributed by atoms with Crippen molar-refractivity contribution in [3.05, 3.63) is 59.3 Å². The first-order chi connectivity index (χ1) is 9.61. The topological polar surface area (TPSA) is 42.1 Å². The molecule has 1 aromatic carbocycles. The van der Waals surface area contributed by atoms with Crippen molar-refractivity contribution >= 4 is 5.82 Å². The molecule has 0 saturated heterocycles. The summed E-state index contributed by atoms with van der Waals surface area (Å²) >= 11 is 0. The molecule has 106 valence electrons. The lowest BCUT2D eigenvalue weighted by Gasteiger charge is -2.21. The van der Waals surface area contributed by atoms with Crippen molar-refractivity contribution in [3.63, 3.8) is 0 Å². The number of anilines is 1. The first kappa shape index (κ1) is 14.5. The van der Waals surface area contributed by atoms with Crippen LogP contribution >= 0.6 is 0 Å². The number of benzene rings is 1. The summed E-state index contributed by atoms with van der Waals surface area (Å²) in [5.41, 5.74) is 9.63. The van der Waals surface area contributed by atoms with Gasteiger partial charge in [0.25, 0.3) is 0 Å². The van der Waals surface area contributed by atoms with E-state index in [2.05, 4.69) is 61.1 Å². The molecule has 0 saturated carbocycles. The Labute approximate surface area is 121 Å². The van der Waals surface area contributed by atoms with Crippen LogP contribution in [0, 0.1) is 6.92 Å². The summed E-state index contributed by atoms with van der Waals surface area (Å²) in [4.78, 5) is 6.76. The average molecular weight is 269 g/mol. The highest BCUT2D eigenvalue weighted by molar-refractivity contribution is 5.47. The Balaban J connectivity index is 2.16. The van der Waals surface area contributed by atoms with E-state index in [1.165, 1.54) is 11.1 Å². The Morgan fingerprint density at radius 2 is 1.95 bits per heavy atom. The number of aryl methyl sites for hydroxylation is 1. The molecule has 1 aromatic heterocycles. The Morgan fingerprint density at radius 1 is 1.25 bits per heavy atom. The van der Waals surface area contributed by atoms with E-state index in [9.17, 15) is 0 Å². The second-order valence-electron chi connectivity index (χ2n) is 5.27. The van der Waals surface area contributed by atoms with E-state index in [0.29, 0.717) is 0 Å². The van der Waals surface area contributed by atoms with E-state index in [0.717, 1.165) is 24.3 Å². The number of hydrogen-bond donors (Lipinski definition) is 1. The SMILES string of the molecule is CC[C@@H](N)c1cnc(N(C)Cc2ccccc2)c(C)c1. The minimum Gasteiger partial charge on any atom is -0.355 e. The lowest BCUT2D eigenvalue weighted by Crippen LogP contribution is -2.19. The molecule has 0 unspecified atom stereocenters. The normalized spacial score (nSPS) is 12.2. The van der Waals surface area contributed by atoms with Crippen molar-refractivity contribution in [2.75, 3.05) is 11.9 Å². The summed E-state index contributed by atoms with van der Waals surface area (Å²) < 4.78 is 0. The number of rotatable bonds is 5. The van der Waals surface area contributed by atoms with Gasteiger partial charge in [0.2, 0.25) is 0 Å². The molecular weight excluding hydrogens is 246 g/mol. The Morgan fingerprint density at radius 3 is 2.55 bits per heavy atom. The summed E-state index contributed by atoms with van der Waals surface area (Å²) in [6.07, 6.45) is 2.83. The number of hydrogen-bond acceptors (Lipinski definition) is 3. The third-order valence-corrected chi connectivity index (χ3v) is 3.56. The largest absolute Gasteiger partial charge is 0.355 e. The van der Waals surface area contributed by atoms with Gasteiger partial charge in [-0.2, -0.15) is 0 Å². The molecule has 0 amide bonds. The van der Waals surface area contributed by atoms with Crippen molar-refractivity contribution < 1.29 is 0 Å². The molecule has 2 N–H and O–H groups in total. The highest BCUT2D eigenvalue weighted by Crippen LogP contribution is 2.22. The van der Waals surface area contributed by atoms with Gasteiger partial charge in [-0.05, 0) is 36.1 Å². The summed E-state index contributed by atoms with van der Waals surface area (Å²) in [6.45, 7) is 5.04. The first-order valence-electron chi connectivity index (χ1n) is 7.09. The molecule has 1 heterocycles. The van der Waals surface area contributed by atoms with Crippen LogP contribution in [0.25, 0.3) is 0 Å². The second-order valence-corrected chi connectivity index (χ2v) is 5.27. The van der Waals surface area contributed by atoms with Gasteiger partial charge in [-0.15, -0.1) is 0 Å². The summed E-state index contributed by atoms with van der Waals surface area (Å²) in [7, 11) is 2.07. The van der Waals surface area contributed by atoms with Crippen LogP contribution in [0.3, 0.4) is 0 Å². The third kappa shape index (κ3) is 3.36. The number of nitrogens with two attached hydrogens (primary N) is 1. The predicted octanol–water partition coefficient (Wildman–Crippen LogP) is 3.44. The van der Waals surface area contributed by atoms with Crippen LogP contribution in [0.4, 0.5) is 5.82 Å². The van der Waals surface area contributed by atoms with Crippen LogP contribution in [-0.4, -0.2) is 12.0 Å². The van der Waals surface area contributed by atoms with Gasteiger partial charge in [-0.1, -0.05) is 37.3 Å². The van der Waals surface area contributed by atoms with Gasteiger partial charge in [-0.25, -0.2) is 4.98 Å². The van der Waals surface area contributed by atoms with Gasteiger partial charge in [0.15, 0.2) is 0 Å². The van der Waals surface area contributed by atoms with Crippen LogP contribution in [0.2, 0.25) is 0 Å². The van der Waals surface area contributed by atoms with Crippen molar-refractivity contribution in [2.45, 2.75) is 32.9 Å². The Bertz CT molecular complexity index is 551. The quantitative estimate of drug-likeness (QED) is 0.904. The molecule has 3 heteroatoms. The van der Waals surface area contributed by atoms with Crippen LogP contribution < -0.4 is 10.6 Å². The fraction of sp³-hybridized carbons (Fsp3) is 0.353. The van der Waals surface area contributed by atoms with Crippen LogP contribution in [0.1, 0.15) is 36.1 Å². The maximum Gasteiger partial charge on any atom is 0.131 e. The number of aromatic nitrogens is 1. The smallest absolute Gasteiger partial charge is 0.131 e. The average Bonchev–Trinajstić information content (AvgIpc) is 2.47. The van der Waals surface area contributed by atoms with Gasteiger partial charge in [0.05, 0.1) is 0 Å². The standard InChI is InChI=1S/C17H23N3/c1-4-16(18)15-10-13(2)17(19-11-15)20(3)12-14-8-6-5-7-9-14/h5-11,16H,4,12,18H2,1-3H3/t16-/m1/s1. The molecule has 0 aliphatic rings. The van der Waals surface area contributed by atoms with Crippen molar-refractivity contribution in [3.8, 4) is 0 Å². The van der Waals surface area contributed by atoms with E-state index in [-0.39, 0.29) is 6.04 Å². The number of nitrogens with zero attached hydrogens (tertiary/aromatic N) is 2. The molecule has 0 aliphatic carbocycles. The summed E-state index contributed by atoms with van der Waals surface area (Å²) in [6, 6.07) is 12.7. The fourth-order valence-electron chi connectivity index (χ4n) is 2.36. The molecule has 0 spiro atoms. The maximum atomic E-state index is 6.06. The van der Waals surface area contributed by atoms with Gasteiger partial charge < -0.3 is 10.6 Å². The Hall–Kier alpha value is -1.87. The molecule has 0 fully saturated rings. The van der Waals surface area contributed by atoms with E-state index in [4.69, 9.17) is 5.73 Å². The first-order valence-corrected chi connectivity index (χ1v) is 7.09. The van der Waals surface area contributed by atoms with E-state index < -0.39 is 0 Å². The fourth-order valence-corrected chi connectivity index (χ4v) is 2.36. The molecule has 2 rings (SSSR count). The molecule has 0 aliphatic heterocycles. The maximum absolute atomic E-state index is 6.06. The zero-order valence-corrected chi connectivity index (χ0v) is 12.5. The highest BCUT2D eigenvalue weighted by Gasteiger charge is 2.10. The lowest BCUT2D eigenvalue weighted by molar-refractivity contribution is 0.693. The molecular formula is C17H23N3. The van der Waals surface area contributed by atoms with Crippen molar-refractivity contribution in [1.29, 1.82) is 0 Å². The highest BCUT2D eigenvalue weighted by atomic mass is 15.2. The lowest BCUT2D eigenvalue weighted by atomic mass is 10.1. The van der Waals surface area contributed by atoms with Gasteiger partial charge in [0, 0.05) is 25.8 Å². The van der Waals surface area contributed by atoms with Crippen LogP contribution in [0.15, 0.2) is 42.6 Å². The third-order valence-electron chi connectivity index (χ3n) is 3.56. The molecule has 20 heavy (non-hydrogen) atoms. The molecule has 1 atom stereocenters. The van der Waals surface area contributed by atoms with Crippen LogP contribution in [0.5, 0.6) is 0 Å². The number of pyridine rings is 1. The van der Waals surface area contributed by atoms with E-state index in [1.54, 1.807) is 0 Å². The monoisotopic (exact) mass is 269 g/mol. The zero-order chi connectivity index (χ0) is 14.5. The van der Waals surface area contributed by atoms with Crippen LogP contribution in [-0.2, 0) is 6.54 Å². The van der Waals surface area contributed by atoms with Gasteiger partial charge >= 0.3 is 0 Å². The van der Waals surface area contributed by atoms with Gasteiger partial charge in [-0.3, -0.25) is 0 Å². The van der Waals surface area contributed by atoms with Crippen molar-refractivity contribution in [1.82, 2.24) is 4.98 Å². The molecule has 3 nitrogen and oxygen atoms in total. The predicted molar refractivity (Wildman–Crippen MR) is 84.7 cm³/mol. The molecule has 0 bridgehead atoms. The second kappa shape index (κ2) is 6.53. The minimum absolute atomic E-state index is 0.0784. The van der Waals surface area contributed by atoms with Gasteiger partial charge in [0.1, 0.15) is 5.82 Å². The summed E-state index contributed by atoms with van der Waals surface area (Å²) in [5, 5.41) is 0. The van der Waals surface area contributed by atoms with E-state index in [1.807, 2.05) is 12.3 Å².